The first-order valence-corrected chi connectivity index (χ1v) is 9.43. The molecule has 0 unspecified atom stereocenters. The van der Waals surface area contributed by atoms with Crippen LogP contribution in [0.2, 0.25) is 0 Å². The topological polar surface area (TPSA) is 69.0 Å². The van der Waals surface area contributed by atoms with Crippen LogP contribution in [0.1, 0.15) is 31.4 Å². The number of allylic oxidation sites excluding steroid dienone is 2. The van der Waals surface area contributed by atoms with Gasteiger partial charge in [0.2, 0.25) is 11.1 Å². The van der Waals surface area contributed by atoms with Gasteiger partial charge < -0.3 is 10.1 Å². The van der Waals surface area contributed by atoms with E-state index in [1.54, 1.807) is 18.9 Å². The van der Waals surface area contributed by atoms with E-state index in [1.165, 1.54) is 0 Å². The van der Waals surface area contributed by atoms with Crippen LogP contribution in [0.15, 0.2) is 41.2 Å². The van der Waals surface area contributed by atoms with Crippen LogP contribution in [0.25, 0.3) is 0 Å². The summed E-state index contributed by atoms with van der Waals surface area (Å²) in [5.41, 5.74) is 1.89. The highest BCUT2D eigenvalue weighted by atomic mass is 32.2. The number of aromatic nitrogens is 3. The lowest BCUT2D eigenvalue weighted by atomic mass is 9.80. The van der Waals surface area contributed by atoms with Crippen LogP contribution in [0, 0.1) is 5.92 Å². The number of anilines is 1. The lowest BCUT2D eigenvalue weighted by molar-refractivity contribution is -0.123. The molecule has 25 heavy (non-hydrogen) atoms. The molecular formula is C18H20N4O2S. The van der Waals surface area contributed by atoms with E-state index in [4.69, 9.17) is 4.74 Å². The van der Waals surface area contributed by atoms with Crippen molar-refractivity contribution in [1.82, 2.24) is 14.8 Å². The number of rotatable bonds is 4. The molecule has 1 aromatic heterocycles. The maximum Gasteiger partial charge on any atom is 0.227 e. The summed E-state index contributed by atoms with van der Waals surface area (Å²) in [4.78, 5) is 17.4. The summed E-state index contributed by atoms with van der Waals surface area (Å²) < 4.78 is 7.41. The fraction of sp³-hybridized carbons (Fsp3) is 0.389. The van der Waals surface area contributed by atoms with Gasteiger partial charge in [0.25, 0.3) is 0 Å². The third-order valence-electron chi connectivity index (χ3n) is 4.62. The van der Waals surface area contributed by atoms with E-state index in [2.05, 4.69) is 28.4 Å². The molecule has 1 N–H and O–H groups in total. The highest BCUT2D eigenvalue weighted by Gasteiger charge is 2.42. The monoisotopic (exact) mass is 356 g/mol. The maximum absolute atomic E-state index is 12.8. The second-order valence-electron chi connectivity index (χ2n) is 6.05. The Balaban J connectivity index is 1.90. The number of ketones is 1. The Bertz CT molecular complexity index is 845. The summed E-state index contributed by atoms with van der Waals surface area (Å²) in [6.45, 7) is 2.07. The number of thioether (sulfide) groups is 1. The summed E-state index contributed by atoms with van der Waals surface area (Å²) in [6.07, 6.45) is 3.43. The number of nitrogens with zero attached hydrogens (tertiary/aromatic N) is 3. The molecule has 4 rings (SSSR count). The number of hydrogen-bond donors (Lipinski definition) is 1. The number of hydrogen-bond acceptors (Lipinski definition) is 6. The van der Waals surface area contributed by atoms with E-state index in [1.807, 2.05) is 28.9 Å². The molecule has 0 fully saturated rings. The fourth-order valence-corrected chi connectivity index (χ4v) is 4.12. The first kappa shape index (κ1) is 16.2. The smallest absolute Gasteiger partial charge is 0.227 e. The number of methoxy groups -OCH3 is 1. The highest BCUT2D eigenvalue weighted by Crippen LogP contribution is 2.44. The Labute approximate surface area is 150 Å². The van der Waals surface area contributed by atoms with E-state index in [0.717, 1.165) is 34.3 Å². The molecule has 1 aromatic carbocycles. The van der Waals surface area contributed by atoms with Crippen LogP contribution in [-0.2, 0) is 4.79 Å². The van der Waals surface area contributed by atoms with Crippen molar-refractivity contribution in [2.75, 3.05) is 18.2 Å². The molecule has 7 heteroatoms. The Kier molecular flexibility index (Phi) is 4.25. The van der Waals surface area contributed by atoms with Gasteiger partial charge in [-0.2, -0.15) is 4.98 Å². The van der Waals surface area contributed by atoms with E-state index in [9.17, 15) is 4.79 Å². The Morgan fingerprint density at radius 2 is 2.24 bits per heavy atom. The Morgan fingerprint density at radius 3 is 3.04 bits per heavy atom. The third-order valence-corrected chi connectivity index (χ3v) is 5.33. The van der Waals surface area contributed by atoms with Crippen LogP contribution in [0.4, 0.5) is 5.95 Å². The predicted molar refractivity (Wildman–Crippen MR) is 97.0 cm³/mol. The van der Waals surface area contributed by atoms with Gasteiger partial charge in [0.05, 0.1) is 19.1 Å². The second kappa shape index (κ2) is 6.55. The zero-order valence-corrected chi connectivity index (χ0v) is 15.0. The van der Waals surface area contributed by atoms with Crippen molar-refractivity contribution < 1.29 is 9.53 Å². The molecule has 0 spiro atoms. The van der Waals surface area contributed by atoms with Gasteiger partial charge in [-0.1, -0.05) is 43.0 Å². The summed E-state index contributed by atoms with van der Waals surface area (Å²) in [6, 6.07) is 7.59. The average molecular weight is 356 g/mol. The van der Waals surface area contributed by atoms with Gasteiger partial charge in [-0.25, -0.2) is 4.68 Å². The molecule has 2 heterocycles. The van der Waals surface area contributed by atoms with Crippen LogP contribution in [0.3, 0.4) is 0 Å². The molecule has 0 bridgehead atoms. The van der Waals surface area contributed by atoms with Gasteiger partial charge in [0.15, 0.2) is 0 Å². The van der Waals surface area contributed by atoms with Gasteiger partial charge in [-0.3, -0.25) is 4.79 Å². The summed E-state index contributed by atoms with van der Waals surface area (Å²) in [7, 11) is 1.65. The first-order chi connectivity index (χ1) is 12.2. The van der Waals surface area contributed by atoms with Crippen LogP contribution in [-0.4, -0.2) is 33.4 Å². The largest absolute Gasteiger partial charge is 0.496 e. The molecule has 6 nitrogen and oxygen atoms in total. The minimum atomic E-state index is -0.279. The molecule has 2 aliphatic rings. The van der Waals surface area contributed by atoms with Crippen molar-refractivity contribution in [3.05, 3.63) is 41.6 Å². The molecule has 0 amide bonds. The van der Waals surface area contributed by atoms with Gasteiger partial charge >= 0.3 is 0 Å². The molecular weight excluding hydrogens is 336 g/mol. The minimum Gasteiger partial charge on any atom is -0.496 e. The van der Waals surface area contributed by atoms with E-state index < -0.39 is 0 Å². The minimum absolute atomic E-state index is 0.228. The van der Waals surface area contributed by atoms with Crippen molar-refractivity contribution in [3.63, 3.8) is 0 Å². The second-order valence-corrected chi connectivity index (χ2v) is 7.28. The number of ether oxygens (including phenoxy) is 1. The molecule has 130 valence electrons. The fourth-order valence-electron chi connectivity index (χ4n) is 3.57. The van der Waals surface area contributed by atoms with Crippen LogP contribution >= 0.6 is 11.8 Å². The molecule has 1 aliphatic carbocycles. The SMILES string of the molecule is CCSc1nc2n(n1)[C@@H](c1ccccc1OC)[C@@H]1C(=O)CCC=C1N2. The molecule has 0 saturated heterocycles. The number of para-hydroxylation sites is 1. The van der Waals surface area contributed by atoms with Crippen molar-refractivity contribution in [3.8, 4) is 5.75 Å². The van der Waals surface area contributed by atoms with Gasteiger partial charge in [0.1, 0.15) is 11.5 Å². The number of carbonyl (C=O) groups excluding carboxylic acids is 1. The third kappa shape index (κ3) is 2.72. The summed E-state index contributed by atoms with van der Waals surface area (Å²) >= 11 is 1.59. The Hall–Kier alpha value is -2.28. The van der Waals surface area contributed by atoms with Crippen LogP contribution < -0.4 is 10.1 Å². The Morgan fingerprint density at radius 1 is 1.40 bits per heavy atom. The van der Waals surface area contributed by atoms with Gasteiger partial charge in [0, 0.05) is 17.7 Å². The number of Topliss-reactive ketones (excluding diaryl/α,β-unsaturated/α-hetero) is 1. The first-order valence-electron chi connectivity index (χ1n) is 8.45. The molecule has 2 atom stereocenters. The van der Waals surface area contributed by atoms with Crippen molar-refractivity contribution >= 4 is 23.5 Å². The lowest BCUT2D eigenvalue weighted by Crippen LogP contribution is -2.38. The zero-order valence-electron chi connectivity index (χ0n) is 14.2. The zero-order chi connectivity index (χ0) is 17.4. The average Bonchev–Trinajstić information content (AvgIpc) is 3.02. The highest BCUT2D eigenvalue weighted by molar-refractivity contribution is 7.99. The van der Waals surface area contributed by atoms with Crippen molar-refractivity contribution in [1.29, 1.82) is 0 Å². The standard InChI is InChI=1S/C18H20N4O2S/c1-3-25-18-20-17-19-12-8-6-9-13(23)15(12)16(22(17)21-18)11-7-4-5-10-14(11)24-2/h4-5,7-8,10,15-16H,3,6,9H2,1-2H3,(H,19,20,21)/t15-,16-/m0/s1. The van der Waals surface area contributed by atoms with Gasteiger partial charge in [-0.15, -0.1) is 5.10 Å². The maximum atomic E-state index is 12.8. The number of fused-ring (bicyclic) bond motifs is 2. The number of benzene rings is 1. The lowest BCUT2D eigenvalue weighted by Gasteiger charge is -2.36. The number of carbonyl (C=O) groups is 1. The number of nitrogens with one attached hydrogen (secondary N) is 1. The van der Waals surface area contributed by atoms with E-state index in [-0.39, 0.29) is 17.7 Å². The molecule has 0 radical (unpaired) electrons. The van der Waals surface area contributed by atoms with E-state index in [0.29, 0.717) is 12.4 Å². The molecule has 0 saturated carbocycles. The summed E-state index contributed by atoms with van der Waals surface area (Å²) in [5, 5.41) is 8.71. The summed E-state index contributed by atoms with van der Waals surface area (Å²) in [5.74, 6) is 2.29. The van der Waals surface area contributed by atoms with Crippen molar-refractivity contribution in [2.45, 2.75) is 31.0 Å². The van der Waals surface area contributed by atoms with Crippen LogP contribution in [0.5, 0.6) is 5.75 Å². The van der Waals surface area contributed by atoms with Gasteiger partial charge in [-0.05, 0) is 18.2 Å². The molecule has 2 aromatic rings. The quantitative estimate of drug-likeness (QED) is 0.848. The predicted octanol–water partition coefficient (Wildman–Crippen LogP) is 3.28. The molecule has 1 aliphatic heterocycles. The van der Waals surface area contributed by atoms with Crippen molar-refractivity contribution in [2.24, 2.45) is 5.92 Å². The normalized spacial score (nSPS) is 21.8. The van der Waals surface area contributed by atoms with E-state index >= 15 is 0 Å².